The quantitative estimate of drug-likeness (QED) is 0.330. The third-order valence-corrected chi connectivity index (χ3v) is 4.75. The first kappa shape index (κ1) is 23.2. The topological polar surface area (TPSA) is 134 Å². The smallest absolute Gasteiger partial charge is 0.355 e. The Morgan fingerprint density at radius 1 is 1.03 bits per heavy atom. The molecule has 1 heterocycles. The lowest BCUT2D eigenvalue weighted by Gasteiger charge is -2.22. The van der Waals surface area contributed by atoms with Crippen molar-refractivity contribution < 1.29 is 28.7 Å². The van der Waals surface area contributed by atoms with Crippen molar-refractivity contribution in [3.05, 3.63) is 77.5 Å². The molecule has 10 heteroatoms. The molecule has 2 aromatic rings. The summed E-state index contributed by atoms with van der Waals surface area (Å²) in [5.41, 5.74) is 1.77. The number of nitrogens with one attached hydrogen (secondary N) is 3. The summed E-state index contributed by atoms with van der Waals surface area (Å²) in [4.78, 5) is 61.2. The standard InChI is InChI=1S/C23H22N4O6/c1-15(28)24-18(13-16-9-5-3-6-10-16)20(30)33-14-19(29)26-27-21(31)23(2,25-22(27)32)17-11-7-4-8-12-17/h3-13H,14H2,1-2H3,(H,24,28)(H,25,32)(H,26,29)/b18-13-. The highest BCUT2D eigenvalue weighted by molar-refractivity contribution is 6.08. The highest BCUT2D eigenvalue weighted by Gasteiger charge is 2.50. The van der Waals surface area contributed by atoms with Crippen LogP contribution in [0, 0.1) is 0 Å². The Hall–Kier alpha value is -4.47. The van der Waals surface area contributed by atoms with E-state index >= 15 is 0 Å². The normalized spacial score (nSPS) is 17.9. The summed E-state index contributed by atoms with van der Waals surface area (Å²) >= 11 is 0. The number of hydrogen-bond acceptors (Lipinski definition) is 6. The molecule has 170 valence electrons. The number of amides is 5. The Bertz CT molecular complexity index is 1120. The molecule has 0 radical (unpaired) electrons. The molecule has 0 spiro atoms. The molecule has 0 aromatic heterocycles. The number of ether oxygens (including phenoxy) is 1. The van der Waals surface area contributed by atoms with Gasteiger partial charge in [0.15, 0.2) is 6.61 Å². The van der Waals surface area contributed by atoms with Gasteiger partial charge in [-0.2, -0.15) is 5.01 Å². The molecule has 0 aliphatic carbocycles. The SMILES string of the molecule is CC(=O)N/C(=C\c1ccccc1)C(=O)OCC(=O)NN1C(=O)NC(C)(c2ccccc2)C1=O. The fraction of sp³-hybridized carbons (Fsp3) is 0.174. The van der Waals surface area contributed by atoms with Crippen molar-refractivity contribution >= 4 is 35.8 Å². The minimum atomic E-state index is -1.36. The van der Waals surface area contributed by atoms with Gasteiger partial charge in [0.25, 0.3) is 11.8 Å². The first-order chi connectivity index (χ1) is 15.7. The number of hydrogen-bond donors (Lipinski definition) is 3. The number of benzene rings is 2. The molecule has 2 aromatic carbocycles. The van der Waals surface area contributed by atoms with Gasteiger partial charge in [-0.05, 0) is 24.1 Å². The lowest BCUT2D eigenvalue weighted by atomic mass is 9.92. The molecular weight excluding hydrogens is 428 g/mol. The molecule has 3 rings (SSSR count). The molecule has 1 atom stereocenters. The molecule has 10 nitrogen and oxygen atoms in total. The number of imide groups is 1. The minimum Gasteiger partial charge on any atom is -0.451 e. The molecule has 3 N–H and O–H groups in total. The highest BCUT2D eigenvalue weighted by atomic mass is 16.5. The maximum atomic E-state index is 12.8. The summed E-state index contributed by atoms with van der Waals surface area (Å²) in [7, 11) is 0. The monoisotopic (exact) mass is 450 g/mol. The summed E-state index contributed by atoms with van der Waals surface area (Å²) in [6.45, 7) is 1.95. The van der Waals surface area contributed by atoms with Crippen LogP contribution in [0.2, 0.25) is 0 Å². The predicted molar refractivity (Wildman–Crippen MR) is 117 cm³/mol. The minimum absolute atomic E-state index is 0.173. The van der Waals surface area contributed by atoms with Crippen molar-refractivity contribution in [2.24, 2.45) is 0 Å². The molecule has 1 saturated heterocycles. The Kier molecular flexibility index (Phi) is 6.87. The molecule has 5 amide bonds. The Morgan fingerprint density at radius 3 is 2.24 bits per heavy atom. The van der Waals surface area contributed by atoms with E-state index < -0.39 is 41.9 Å². The fourth-order valence-electron chi connectivity index (χ4n) is 3.13. The van der Waals surface area contributed by atoms with E-state index in [-0.39, 0.29) is 5.70 Å². The number of esters is 1. The second kappa shape index (κ2) is 9.77. The maximum absolute atomic E-state index is 12.8. The van der Waals surface area contributed by atoms with Crippen LogP contribution in [-0.4, -0.2) is 41.3 Å². The van der Waals surface area contributed by atoms with Gasteiger partial charge in [0.2, 0.25) is 5.91 Å². The van der Waals surface area contributed by atoms with Gasteiger partial charge in [-0.1, -0.05) is 60.7 Å². The summed E-state index contributed by atoms with van der Waals surface area (Å²) in [6, 6.07) is 16.4. The van der Waals surface area contributed by atoms with Crippen molar-refractivity contribution in [2.75, 3.05) is 6.61 Å². The average Bonchev–Trinajstić information content (AvgIpc) is 3.02. The number of carbonyl (C=O) groups excluding carboxylic acids is 5. The number of carbonyl (C=O) groups is 5. The van der Waals surface area contributed by atoms with Crippen molar-refractivity contribution in [2.45, 2.75) is 19.4 Å². The third kappa shape index (κ3) is 5.42. The van der Waals surface area contributed by atoms with Crippen molar-refractivity contribution in [3.8, 4) is 0 Å². The summed E-state index contributed by atoms with van der Waals surface area (Å²) < 4.78 is 4.95. The van der Waals surface area contributed by atoms with E-state index in [0.717, 1.165) is 0 Å². The van der Waals surface area contributed by atoms with Crippen LogP contribution in [0.25, 0.3) is 6.08 Å². The van der Waals surface area contributed by atoms with Gasteiger partial charge in [-0.25, -0.2) is 9.59 Å². The van der Waals surface area contributed by atoms with Gasteiger partial charge in [0.05, 0.1) is 0 Å². The number of urea groups is 1. The number of hydrazine groups is 1. The number of nitrogens with zero attached hydrogens (tertiary/aromatic N) is 1. The van der Waals surface area contributed by atoms with E-state index in [4.69, 9.17) is 4.74 Å². The van der Waals surface area contributed by atoms with Crippen LogP contribution in [0.3, 0.4) is 0 Å². The zero-order valence-electron chi connectivity index (χ0n) is 18.0. The van der Waals surface area contributed by atoms with E-state index in [9.17, 15) is 24.0 Å². The number of rotatable bonds is 7. The van der Waals surface area contributed by atoms with Crippen LogP contribution in [0.15, 0.2) is 66.4 Å². The van der Waals surface area contributed by atoms with Crippen molar-refractivity contribution in [1.29, 1.82) is 0 Å². The van der Waals surface area contributed by atoms with Gasteiger partial charge in [-0.3, -0.25) is 19.8 Å². The van der Waals surface area contributed by atoms with Crippen LogP contribution in [0.5, 0.6) is 0 Å². The summed E-state index contributed by atoms with van der Waals surface area (Å²) in [6.07, 6.45) is 1.39. The van der Waals surface area contributed by atoms with E-state index in [0.29, 0.717) is 16.1 Å². The van der Waals surface area contributed by atoms with Crippen LogP contribution in [-0.2, 0) is 29.5 Å². The lowest BCUT2D eigenvalue weighted by molar-refractivity contribution is -0.148. The van der Waals surface area contributed by atoms with E-state index in [2.05, 4.69) is 16.1 Å². The van der Waals surface area contributed by atoms with E-state index in [1.165, 1.54) is 19.9 Å². The summed E-state index contributed by atoms with van der Waals surface area (Å²) in [5.74, 6) is -3.07. The molecule has 0 bridgehead atoms. The molecule has 0 saturated carbocycles. The molecule has 33 heavy (non-hydrogen) atoms. The second-order valence-corrected chi connectivity index (χ2v) is 7.32. The molecular formula is C23H22N4O6. The maximum Gasteiger partial charge on any atom is 0.355 e. The largest absolute Gasteiger partial charge is 0.451 e. The Labute approximate surface area is 189 Å². The van der Waals surface area contributed by atoms with Gasteiger partial charge in [-0.15, -0.1) is 0 Å². The van der Waals surface area contributed by atoms with Crippen LogP contribution in [0.4, 0.5) is 4.79 Å². The van der Waals surface area contributed by atoms with Crippen LogP contribution in [0.1, 0.15) is 25.0 Å². The summed E-state index contributed by atoms with van der Waals surface area (Å²) in [5, 5.41) is 5.44. The fourth-order valence-corrected chi connectivity index (χ4v) is 3.13. The molecule has 1 aliphatic rings. The van der Waals surface area contributed by atoms with E-state index in [1.54, 1.807) is 60.7 Å². The van der Waals surface area contributed by atoms with Gasteiger partial charge in [0.1, 0.15) is 11.2 Å². The molecule has 1 unspecified atom stereocenters. The Balaban J connectivity index is 1.64. The Morgan fingerprint density at radius 2 is 1.64 bits per heavy atom. The van der Waals surface area contributed by atoms with Crippen molar-refractivity contribution in [1.82, 2.24) is 21.1 Å². The van der Waals surface area contributed by atoms with Crippen LogP contribution >= 0.6 is 0 Å². The van der Waals surface area contributed by atoms with Gasteiger partial charge in [0, 0.05) is 6.92 Å². The molecule has 1 fully saturated rings. The van der Waals surface area contributed by atoms with Gasteiger partial charge >= 0.3 is 12.0 Å². The zero-order chi connectivity index (χ0) is 24.0. The molecule has 1 aliphatic heterocycles. The van der Waals surface area contributed by atoms with E-state index in [1.807, 2.05) is 0 Å². The first-order valence-electron chi connectivity index (χ1n) is 9.94. The highest BCUT2D eigenvalue weighted by Crippen LogP contribution is 2.27. The third-order valence-electron chi connectivity index (χ3n) is 4.75. The van der Waals surface area contributed by atoms with Crippen molar-refractivity contribution in [3.63, 3.8) is 0 Å². The predicted octanol–water partition coefficient (Wildman–Crippen LogP) is 1.21. The average molecular weight is 450 g/mol. The zero-order valence-corrected chi connectivity index (χ0v) is 18.0. The second-order valence-electron chi connectivity index (χ2n) is 7.32. The lowest BCUT2D eigenvalue weighted by Crippen LogP contribution is -2.49. The first-order valence-corrected chi connectivity index (χ1v) is 9.94. The van der Waals surface area contributed by atoms with Gasteiger partial charge < -0.3 is 15.4 Å². The van der Waals surface area contributed by atoms with Crippen LogP contribution < -0.4 is 16.1 Å².